The summed E-state index contributed by atoms with van der Waals surface area (Å²) in [4.78, 5) is 9.65. The van der Waals surface area contributed by atoms with Gasteiger partial charge >= 0.3 is 0 Å². The Labute approximate surface area is 209 Å². The Morgan fingerprint density at radius 3 is 1.25 bits per heavy atom. The lowest BCUT2D eigenvalue weighted by Crippen LogP contribution is -2.09. The zero-order chi connectivity index (χ0) is 25.3. The van der Waals surface area contributed by atoms with Gasteiger partial charge in [0.05, 0.1) is 23.3 Å². The number of nitrogens with zero attached hydrogens (tertiary/aromatic N) is 4. The third-order valence-electron chi connectivity index (χ3n) is 5.68. The highest BCUT2D eigenvalue weighted by Crippen LogP contribution is 2.36. The highest BCUT2D eigenvalue weighted by atomic mass is 16.3. The molecule has 4 aromatic rings. The van der Waals surface area contributed by atoms with E-state index in [1.165, 1.54) is 0 Å². The van der Waals surface area contributed by atoms with Gasteiger partial charge in [0.25, 0.3) is 0 Å². The molecule has 2 N–H and O–H groups in total. The first-order valence-corrected chi connectivity index (χ1v) is 11.2. The van der Waals surface area contributed by atoms with E-state index in [2.05, 4.69) is 12.1 Å². The molecule has 6 nitrogen and oxygen atoms in total. The summed E-state index contributed by atoms with van der Waals surface area (Å²) in [5.41, 5.74) is 3.78. The van der Waals surface area contributed by atoms with Crippen LogP contribution >= 0.6 is 0 Å². The monoisotopic (exact) mass is 470 g/mol. The molecule has 0 saturated heterocycles. The van der Waals surface area contributed by atoms with Crippen molar-refractivity contribution in [3.05, 3.63) is 130 Å². The minimum atomic E-state index is -0.535. The maximum Gasteiger partial charge on any atom is 0.124 e. The maximum atomic E-state index is 10.2. The molecule has 0 radical (unpaired) electrons. The molecule has 4 aromatic carbocycles. The average Bonchev–Trinajstić information content (AvgIpc) is 2.92. The van der Waals surface area contributed by atoms with Crippen LogP contribution in [0.3, 0.4) is 0 Å². The second kappa shape index (κ2) is 11.3. The van der Waals surface area contributed by atoms with Crippen LogP contribution in [0.4, 0.5) is 0 Å². The second-order valence-corrected chi connectivity index (χ2v) is 8.03. The molecule has 0 spiro atoms. The Morgan fingerprint density at radius 2 is 0.917 bits per heavy atom. The Morgan fingerprint density at radius 1 is 0.556 bits per heavy atom. The molecule has 174 valence electrons. The van der Waals surface area contributed by atoms with Crippen molar-refractivity contribution >= 4 is 12.4 Å². The lowest BCUT2D eigenvalue weighted by Gasteiger charge is -2.22. The molecule has 0 fully saturated rings. The van der Waals surface area contributed by atoms with Crippen LogP contribution in [0.15, 0.2) is 107 Å². The smallest absolute Gasteiger partial charge is 0.124 e. The SMILES string of the molecule is N#Cc1ccc([C@@H](N=Cc2ccccc2O)[C@@H](N=Cc2ccccc2O)c2ccc(C#N)cc2)cc1. The first kappa shape index (κ1) is 23.9. The van der Waals surface area contributed by atoms with Crippen molar-refractivity contribution in [2.24, 2.45) is 9.98 Å². The number of phenols is 2. The first-order valence-electron chi connectivity index (χ1n) is 11.2. The summed E-state index contributed by atoms with van der Waals surface area (Å²) in [6.07, 6.45) is 3.20. The summed E-state index contributed by atoms with van der Waals surface area (Å²) < 4.78 is 0. The number of hydrogen-bond acceptors (Lipinski definition) is 6. The van der Waals surface area contributed by atoms with Gasteiger partial charge in [0, 0.05) is 23.6 Å². The molecule has 0 aliphatic carbocycles. The second-order valence-electron chi connectivity index (χ2n) is 8.03. The highest BCUT2D eigenvalue weighted by molar-refractivity contribution is 5.84. The van der Waals surface area contributed by atoms with Gasteiger partial charge in [-0.3, -0.25) is 9.98 Å². The number of phenolic OH excluding ortho intramolecular Hbond substituents is 2. The van der Waals surface area contributed by atoms with Gasteiger partial charge in [-0.2, -0.15) is 10.5 Å². The van der Waals surface area contributed by atoms with Crippen molar-refractivity contribution < 1.29 is 10.2 Å². The Kier molecular flexibility index (Phi) is 7.51. The summed E-state index contributed by atoms with van der Waals surface area (Å²) in [7, 11) is 0. The predicted octanol–water partition coefficient (Wildman–Crippen LogP) is 5.86. The van der Waals surface area contributed by atoms with E-state index < -0.39 is 12.1 Å². The molecule has 4 rings (SSSR count). The van der Waals surface area contributed by atoms with Crippen LogP contribution in [0.5, 0.6) is 11.5 Å². The Hall–Kier alpha value is -5.20. The number of nitriles is 2. The van der Waals surface area contributed by atoms with Crippen LogP contribution in [0.25, 0.3) is 0 Å². The number of para-hydroxylation sites is 2. The molecule has 0 aromatic heterocycles. The molecule has 6 heteroatoms. The third-order valence-corrected chi connectivity index (χ3v) is 5.68. The van der Waals surface area contributed by atoms with Crippen LogP contribution in [0.2, 0.25) is 0 Å². The van der Waals surface area contributed by atoms with E-state index in [9.17, 15) is 20.7 Å². The molecule has 2 atom stereocenters. The minimum Gasteiger partial charge on any atom is -0.507 e. The van der Waals surface area contributed by atoms with E-state index in [4.69, 9.17) is 9.98 Å². The van der Waals surface area contributed by atoms with Gasteiger partial charge in [-0.1, -0.05) is 48.5 Å². The number of hydrogen-bond donors (Lipinski definition) is 2. The van der Waals surface area contributed by atoms with E-state index in [-0.39, 0.29) is 11.5 Å². The summed E-state index contributed by atoms with van der Waals surface area (Å²) in [6, 6.07) is 31.2. The van der Waals surface area contributed by atoms with Gasteiger partial charge in [0.15, 0.2) is 0 Å². The van der Waals surface area contributed by atoms with Crippen LogP contribution in [0.1, 0.15) is 45.5 Å². The minimum absolute atomic E-state index is 0.104. The van der Waals surface area contributed by atoms with E-state index in [0.717, 1.165) is 11.1 Å². The Bertz CT molecular complexity index is 1360. The van der Waals surface area contributed by atoms with Crippen LogP contribution in [-0.4, -0.2) is 22.6 Å². The van der Waals surface area contributed by atoms with Crippen LogP contribution in [0, 0.1) is 22.7 Å². The van der Waals surface area contributed by atoms with Crippen molar-refractivity contribution in [2.75, 3.05) is 0 Å². The molecule has 0 bridgehead atoms. The molecule has 36 heavy (non-hydrogen) atoms. The largest absolute Gasteiger partial charge is 0.507 e. The lowest BCUT2D eigenvalue weighted by atomic mass is 9.93. The van der Waals surface area contributed by atoms with Gasteiger partial charge in [0.2, 0.25) is 0 Å². The van der Waals surface area contributed by atoms with Crippen molar-refractivity contribution in [3.8, 4) is 23.6 Å². The maximum absolute atomic E-state index is 10.2. The average molecular weight is 471 g/mol. The topological polar surface area (TPSA) is 113 Å². The Balaban J connectivity index is 1.84. The summed E-state index contributed by atoms with van der Waals surface area (Å²) in [5.74, 6) is 0.208. The molecule has 0 heterocycles. The number of rotatable bonds is 7. The lowest BCUT2D eigenvalue weighted by molar-refractivity contribution is 0.473. The van der Waals surface area contributed by atoms with Crippen molar-refractivity contribution in [1.29, 1.82) is 10.5 Å². The molecule has 0 aliphatic rings. The summed E-state index contributed by atoms with van der Waals surface area (Å²) in [5, 5.41) is 39.0. The fraction of sp³-hybridized carbons (Fsp3) is 0.0667. The predicted molar refractivity (Wildman–Crippen MR) is 139 cm³/mol. The van der Waals surface area contributed by atoms with Crippen molar-refractivity contribution in [2.45, 2.75) is 12.1 Å². The molecule has 0 saturated carbocycles. The van der Waals surface area contributed by atoms with E-state index in [1.54, 1.807) is 73.1 Å². The third kappa shape index (κ3) is 5.64. The number of aliphatic imine (C=N–C) groups is 2. The molecule has 0 unspecified atom stereocenters. The van der Waals surface area contributed by atoms with Crippen molar-refractivity contribution in [1.82, 2.24) is 0 Å². The fourth-order valence-electron chi connectivity index (χ4n) is 3.72. The van der Waals surface area contributed by atoms with Crippen LogP contribution < -0.4 is 0 Å². The van der Waals surface area contributed by atoms with E-state index in [1.807, 2.05) is 36.4 Å². The zero-order valence-corrected chi connectivity index (χ0v) is 19.2. The molecule has 0 aliphatic heterocycles. The standard InChI is InChI=1S/C30H22N4O2/c31-17-21-9-13-23(14-10-21)29(33-19-25-5-1-3-7-27(25)35)30(24-15-11-22(18-32)12-16-24)34-20-26-6-2-4-8-28(26)36/h1-16,19-20,29-30,35-36H/t29-,30+. The van der Waals surface area contributed by atoms with Crippen LogP contribution in [-0.2, 0) is 0 Å². The number of benzene rings is 4. The summed E-state index contributed by atoms with van der Waals surface area (Å²) >= 11 is 0. The van der Waals surface area contributed by atoms with Gasteiger partial charge in [-0.05, 0) is 59.7 Å². The zero-order valence-electron chi connectivity index (χ0n) is 19.2. The first-order chi connectivity index (χ1) is 17.6. The van der Waals surface area contributed by atoms with Crippen molar-refractivity contribution in [3.63, 3.8) is 0 Å². The molecule has 0 amide bonds. The highest BCUT2D eigenvalue weighted by Gasteiger charge is 2.24. The van der Waals surface area contributed by atoms with E-state index in [0.29, 0.717) is 22.3 Å². The quantitative estimate of drug-likeness (QED) is 0.329. The van der Waals surface area contributed by atoms with Gasteiger partial charge in [0.1, 0.15) is 23.6 Å². The summed E-state index contributed by atoms with van der Waals surface area (Å²) in [6.45, 7) is 0. The van der Waals surface area contributed by atoms with E-state index >= 15 is 0 Å². The number of aromatic hydroxyl groups is 2. The fourth-order valence-corrected chi connectivity index (χ4v) is 3.72. The van der Waals surface area contributed by atoms with Gasteiger partial charge in [-0.25, -0.2) is 0 Å². The molecular formula is C30H22N4O2. The van der Waals surface area contributed by atoms with Gasteiger partial charge in [-0.15, -0.1) is 0 Å². The van der Waals surface area contributed by atoms with Gasteiger partial charge < -0.3 is 10.2 Å². The molecular weight excluding hydrogens is 448 g/mol. The normalized spacial score (nSPS) is 12.7.